The summed E-state index contributed by atoms with van der Waals surface area (Å²) in [7, 11) is 0. The van der Waals surface area contributed by atoms with Crippen LogP contribution in [0.1, 0.15) is 25.1 Å². The summed E-state index contributed by atoms with van der Waals surface area (Å²) in [4.78, 5) is 12.5. The largest absolute Gasteiger partial charge is 0.368 e. The number of hydrogen-bond donors (Lipinski definition) is 3. The molecule has 0 saturated heterocycles. The Bertz CT molecular complexity index is 1210. The fourth-order valence-corrected chi connectivity index (χ4v) is 3.13. The van der Waals surface area contributed by atoms with Crippen LogP contribution in [0.2, 0.25) is 5.15 Å². The summed E-state index contributed by atoms with van der Waals surface area (Å²) >= 11 is 6.30. The lowest BCUT2D eigenvalue weighted by atomic mass is 10.0. The van der Waals surface area contributed by atoms with Crippen molar-refractivity contribution in [1.82, 2.24) is 25.1 Å². The van der Waals surface area contributed by atoms with E-state index in [0.29, 0.717) is 11.0 Å². The molecule has 0 aliphatic heterocycles. The second-order valence-electron chi connectivity index (χ2n) is 5.99. The van der Waals surface area contributed by atoms with Gasteiger partial charge in [-0.25, -0.2) is 4.98 Å². The molecule has 0 radical (unpaired) electrons. The van der Waals surface area contributed by atoms with E-state index in [-0.39, 0.29) is 5.95 Å². The third kappa shape index (κ3) is 4.16. The Morgan fingerprint density at radius 2 is 1.93 bits per heavy atom. The summed E-state index contributed by atoms with van der Waals surface area (Å²) in [5.41, 5.74) is 10.6. The smallest absolute Gasteiger partial charge is 0.221 e. The van der Waals surface area contributed by atoms with E-state index in [9.17, 15) is 0 Å². The minimum Gasteiger partial charge on any atom is -0.368 e. The van der Waals surface area contributed by atoms with Crippen LogP contribution in [0.25, 0.3) is 34.2 Å². The summed E-state index contributed by atoms with van der Waals surface area (Å²) < 4.78 is 0. The molecule has 3 heterocycles. The molecule has 1 aromatic carbocycles. The van der Waals surface area contributed by atoms with Crippen molar-refractivity contribution in [3.8, 4) is 11.1 Å². The SMILES string of the molecule is C=Cc1cc(-c2cc(Nc3ccnc(N)n3)cc3c(Cl)[nH]nc23)cnc1C=C.CC. The first-order chi connectivity index (χ1) is 14.6. The van der Waals surface area contributed by atoms with Crippen molar-refractivity contribution >= 4 is 52.1 Å². The minimum atomic E-state index is 0.187. The molecule has 0 aliphatic rings. The number of nitrogens with two attached hydrogens (primary N) is 1. The molecule has 4 rings (SSSR count). The molecule has 0 amide bonds. The summed E-state index contributed by atoms with van der Waals surface area (Å²) in [5, 5.41) is 11.6. The Labute approximate surface area is 179 Å². The fourth-order valence-electron chi connectivity index (χ4n) is 2.94. The molecule has 0 bridgehead atoms. The lowest BCUT2D eigenvalue weighted by Gasteiger charge is -2.11. The number of pyridine rings is 1. The van der Waals surface area contributed by atoms with Gasteiger partial charge in [-0.3, -0.25) is 10.1 Å². The monoisotopic (exact) mass is 419 g/mol. The average Bonchev–Trinajstić information content (AvgIpc) is 3.15. The van der Waals surface area contributed by atoms with E-state index in [2.05, 4.69) is 43.6 Å². The maximum absolute atomic E-state index is 6.30. The zero-order chi connectivity index (χ0) is 21.7. The maximum Gasteiger partial charge on any atom is 0.221 e. The summed E-state index contributed by atoms with van der Waals surface area (Å²) in [6, 6.07) is 7.56. The molecule has 0 fully saturated rings. The van der Waals surface area contributed by atoms with E-state index >= 15 is 0 Å². The second-order valence-corrected chi connectivity index (χ2v) is 6.37. The molecule has 0 atom stereocenters. The zero-order valence-electron chi connectivity index (χ0n) is 16.8. The highest BCUT2D eigenvalue weighted by Crippen LogP contribution is 2.35. The molecular weight excluding hydrogens is 398 g/mol. The topological polar surface area (TPSA) is 105 Å². The quantitative estimate of drug-likeness (QED) is 0.382. The first-order valence-electron chi connectivity index (χ1n) is 9.37. The number of H-pyrrole nitrogens is 1. The first-order valence-corrected chi connectivity index (χ1v) is 9.75. The normalized spacial score (nSPS) is 10.2. The Morgan fingerprint density at radius 1 is 1.13 bits per heavy atom. The predicted molar refractivity (Wildman–Crippen MR) is 126 cm³/mol. The van der Waals surface area contributed by atoms with Crippen molar-refractivity contribution < 1.29 is 0 Å². The number of nitrogens with zero attached hydrogens (tertiary/aromatic N) is 4. The van der Waals surface area contributed by atoms with Gasteiger partial charge in [-0.05, 0) is 30.3 Å². The number of nitrogens with one attached hydrogen (secondary N) is 2. The Kier molecular flexibility index (Phi) is 6.44. The van der Waals surface area contributed by atoms with Crippen LogP contribution >= 0.6 is 11.6 Å². The van der Waals surface area contributed by atoms with Gasteiger partial charge >= 0.3 is 0 Å². The van der Waals surface area contributed by atoms with Crippen LogP contribution in [0.3, 0.4) is 0 Å². The van der Waals surface area contributed by atoms with Crippen LogP contribution in [-0.2, 0) is 0 Å². The molecule has 30 heavy (non-hydrogen) atoms. The summed E-state index contributed by atoms with van der Waals surface area (Å²) in [6.45, 7) is 11.6. The van der Waals surface area contributed by atoms with Crippen LogP contribution in [0.5, 0.6) is 0 Å². The molecule has 0 aliphatic carbocycles. The molecule has 3 aromatic heterocycles. The molecule has 4 aromatic rings. The van der Waals surface area contributed by atoms with E-state index in [1.54, 1.807) is 30.6 Å². The molecule has 4 N–H and O–H groups in total. The van der Waals surface area contributed by atoms with Gasteiger partial charge in [-0.15, -0.1) is 0 Å². The van der Waals surface area contributed by atoms with Gasteiger partial charge in [-0.1, -0.05) is 44.7 Å². The number of halogens is 1. The van der Waals surface area contributed by atoms with Crippen LogP contribution < -0.4 is 11.1 Å². The van der Waals surface area contributed by atoms with Crippen molar-refractivity contribution in [3.63, 3.8) is 0 Å². The highest BCUT2D eigenvalue weighted by molar-refractivity contribution is 6.34. The molecule has 8 heteroatoms. The number of benzene rings is 1. The fraction of sp³-hybridized carbons (Fsp3) is 0.0909. The average molecular weight is 420 g/mol. The van der Waals surface area contributed by atoms with E-state index in [1.165, 1.54) is 0 Å². The Hall–Kier alpha value is -3.71. The second kappa shape index (κ2) is 9.19. The molecule has 0 unspecified atom stereocenters. The highest BCUT2D eigenvalue weighted by Gasteiger charge is 2.14. The Morgan fingerprint density at radius 3 is 2.63 bits per heavy atom. The third-order valence-corrected chi connectivity index (χ3v) is 4.52. The van der Waals surface area contributed by atoms with Gasteiger partial charge in [0.15, 0.2) is 0 Å². The van der Waals surface area contributed by atoms with Crippen LogP contribution in [-0.4, -0.2) is 25.1 Å². The number of hydrogen-bond acceptors (Lipinski definition) is 6. The lowest BCUT2D eigenvalue weighted by molar-refractivity contribution is 1.12. The van der Waals surface area contributed by atoms with Crippen molar-refractivity contribution in [3.05, 3.63) is 66.2 Å². The lowest BCUT2D eigenvalue weighted by Crippen LogP contribution is -1.99. The van der Waals surface area contributed by atoms with E-state index < -0.39 is 0 Å². The molecule has 0 spiro atoms. The number of fused-ring (bicyclic) bond motifs is 1. The van der Waals surface area contributed by atoms with Crippen LogP contribution in [0.4, 0.5) is 17.5 Å². The van der Waals surface area contributed by atoms with E-state index in [1.807, 2.05) is 32.0 Å². The summed E-state index contributed by atoms with van der Waals surface area (Å²) in [6.07, 6.45) is 6.80. The number of anilines is 3. The molecule has 0 saturated carbocycles. The minimum absolute atomic E-state index is 0.187. The van der Waals surface area contributed by atoms with Gasteiger partial charge in [0.2, 0.25) is 5.95 Å². The third-order valence-electron chi connectivity index (χ3n) is 4.23. The van der Waals surface area contributed by atoms with Crippen molar-refractivity contribution in [2.75, 3.05) is 11.1 Å². The number of nitrogen functional groups attached to an aromatic ring is 1. The zero-order valence-corrected chi connectivity index (χ0v) is 17.5. The van der Waals surface area contributed by atoms with E-state index in [0.717, 1.165) is 39.0 Å². The van der Waals surface area contributed by atoms with Gasteiger partial charge in [-0.2, -0.15) is 10.1 Å². The summed E-state index contributed by atoms with van der Waals surface area (Å²) in [5.74, 6) is 0.761. The highest BCUT2D eigenvalue weighted by atomic mass is 35.5. The molecule has 152 valence electrons. The van der Waals surface area contributed by atoms with Gasteiger partial charge in [0.25, 0.3) is 0 Å². The van der Waals surface area contributed by atoms with Gasteiger partial charge < -0.3 is 11.1 Å². The van der Waals surface area contributed by atoms with Crippen molar-refractivity contribution in [1.29, 1.82) is 0 Å². The van der Waals surface area contributed by atoms with Gasteiger partial charge in [0.1, 0.15) is 16.5 Å². The predicted octanol–water partition coefficient (Wildman–Crippen LogP) is 5.71. The maximum atomic E-state index is 6.30. The number of aromatic amines is 1. The van der Waals surface area contributed by atoms with Gasteiger partial charge in [0.05, 0.1) is 5.69 Å². The van der Waals surface area contributed by atoms with Crippen LogP contribution in [0.15, 0.2) is 49.8 Å². The number of rotatable bonds is 5. The van der Waals surface area contributed by atoms with Crippen molar-refractivity contribution in [2.24, 2.45) is 0 Å². The van der Waals surface area contributed by atoms with Gasteiger partial charge in [0, 0.05) is 40.2 Å². The first kappa shape index (κ1) is 21.0. The standard InChI is InChI=1S/C20H16ClN7.C2H6/c1-3-11-7-12(10-24-16(11)4-2)14-8-13(9-15-18(14)27-28-19(15)21)25-17-5-6-23-20(22)26-17;1-2/h3-10H,1-2H2,(H,27,28)(H3,22,23,25,26);1-2H3. The van der Waals surface area contributed by atoms with Crippen LogP contribution in [0, 0.1) is 0 Å². The van der Waals surface area contributed by atoms with E-state index in [4.69, 9.17) is 17.3 Å². The molecule has 7 nitrogen and oxygen atoms in total. The number of aromatic nitrogens is 5. The molecular formula is C22H22ClN7. The Balaban J connectivity index is 0.00000124. The van der Waals surface area contributed by atoms with Crippen molar-refractivity contribution in [2.45, 2.75) is 13.8 Å².